The predicted molar refractivity (Wildman–Crippen MR) is 61.9 cm³/mol. The SMILES string of the molecule is CC(=O)C(Cl)c1ccc([N+](=O)[O-])c(CCl)c1. The standard InChI is InChI=1S/C10H9Cl2NO3/c1-6(14)10(12)7-2-3-9(13(15)16)8(4-7)5-11/h2-4,10H,5H2,1H3. The number of nitro benzene ring substituents is 1. The fraction of sp³-hybridized carbons (Fsp3) is 0.300. The van der Waals surface area contributed by atoms with Crippen LogP contribution in [0, 0.1) is 10.1 Å². The Labute approximate surface area is 102 Å². The van der Waals surface area contributed by atoms with E-state index in [0.717, 1.165) is 0 Å². The van der Waals surface area contributed by atoms with Crippen molar-refractivity contribution < 1.29 is 9.72 Å². The van der Waals surface area contributed by atoms with Gasteiger partial charge >= 0.3 is 0 Å². The van der Waals surface area contributed by atoms with E-state index in [1.807, 2.05) is 0 Å². The first-order chi connectivity index (χ1) is 7.47. The summed E-state index contributed by atoms with van der Waals surface area (Å²) in [5, 5.41) is 9.85. The summed E-state index contributed by atoms with van der Waals surface area (Å²) in [6.07, 6.45) is 0. The quantitative estimate of drug-likeness (QED) is 0.475. The van der Waals surface area contributed by atoms with E-state index in [1.54, 1.807) is 0 Å². The Morgan fingerprint density at radius 3 is 2.62 bits per heavy atom. The number of nitro groups is 1. The highest BCUT2D eigenvalue weighted by Crippen LogP contribution is 2.28. The first-order valence-corrected chi connectivity index (χ1v) is 5.42. The Hall–Kier alpha value is -1.13. The lowest BCUT2D eigenvalue weighted by molar-refractivity contribution is -0.385. The zero-order valence-corrected chi connectivity index (χ0v) is 9.96. The molecule has 0 heterocycles. The van der Waals surface area contributed by atoms with Crippen LogP contribution >= 0.6 is 23.2 Å². The Bertz CT molecular complexity index is 434. The average Bonchev–Trinajstić information content (AvgIpc) is 2.26. The van der Waals surface area contributed by atoms with Crippen LogP contribution < -0.4 is 0 Å². The Morgan fingerprint density at radius 1 is 1.56 bits per heavy atom. The first kappa shape index (κ1) is 12.9. The summed E-state index contributed by atoms with van der Waals surface area (Å²) in [5.41, 5.74) is 0.817. The second-order valence-corrected chi connectivity index (χ2v) is 3.96. The van der Waals surface area contributed by atoms with E-state index >= 15 is 0 Å². The van der Waals surface area contributed by atoms with Crippen molar-refractivity contribution in [2.45, 2.75) is 18.2 Å². The molecule has 0 aliphatic rings. The summed E-state index contributed by atoms with van der Waals surface area (Å²) in [4.78, 5) is 21.2. The van der Waals surface area contributed by atoms with Crippen molar-refractivity contribution in [1.29, 1.82) is 0 Å². The minimum atomic E-state index is -0.789. The normalized spacial score (nSPS) is 12.2. The van der Waals surface area contributed by atoms with Crippen LogP contribution in [0.3, 0.4) is 0 Å². The van der Waals surface area contributed by atoms with Gasteiger partial charge in [0, 0.05) is 11.6 Å². The molecule has 0 saturated heterocycles. The molecule has 16 heavy (non-hydrogen) atoms. The van der Waals surface area contributed by atoms with Crippen LogP contribution in [0.1, 0.15) is 23.4 Å². The molecule has 1 rings (SSSR count). The molecule has 6 heteroatoms. The summed E-state index contributed by atoms with van der Waals surface area (Å²) in [7, 11) is 0. The van der Waals surface area contributed by atoms with Crippen molar-refractivity contribution in [3.8, 4) is 0 Å². The highest BCUT2D eigenvalue weighted by atomic mass is 35.5. The van der Waals surface area contributed by atoms with Crippen molar-refractivity contribution in [2.75, 3.05) is 0 Å². The Balaban J connectivity index is 3.18. The highest BCUT2D eigenvalue weighted by molar-refractivity contribution is 6.30. The van der Waals surface area contributed by atoms with Gasteiger partial charge in [-0.1, -0.05) is 6.07 Å². The molecule has 0 aliphatic heterocycles. The fourth-order valence-corrected chi connectivity index (χ4v) is 1.63. The molecule has 0 N–H and O–H groups in total. The van der Waals surface area contributed by atoms with Crippen molar-refractivity contribution >= 4 is 34.7 Å². The molecule has 86 valence electrons. The second-order valence-electron chi connectivity index (χ2n) is 3.25. The molecule has 0 bridgehead atoms. The number of ketones is 1. The zero-order chi connectivity index (χ0) is 12.3. The van der Waals surface area contributed by atoms with Crippen LogP contribution in [-0.2, 0) is 10.7 Å². The molecule has 0 saturated carbocycles. The number of halogens is 2. The van der Waals surface area contributed by atoms with Gasteiger partial charge in [0.05, 0.1) is 10.8 Å². The maximum Gasteiger partial charge on any atom is 0.273 e. The molecule has 1 atom stereocenters. The molecular weight excluding hydrogens is 253 g/mol. The maximum absolute atomic E-state index is 11.1. The molecule has 0 amide bonds. The molecule has 0 radical (unpaired) electrons. The van der Waals surface area contributed by atoms with Crippen molar-refractivity contribution in [3.05, 3.63) is 39.4 Å². The molecule has 1 unspecified atom stereocenters. The largest absolute Gasteiger partial charge is 0.298 e. The average molecular weight is 262 g/mol. The fourth-order valence-electron chi connectivity index (χ4n) is 1.28. The molecular formula is C10H9Cl2NO3. The zero-order valence-electron chi connectivity index (χ0n) is 8.44. The van der Waals surface area contributed by atoms with Crippen LogP contribution in [0.15, 0.2) is 18.2 Å². The summed E-state index contributed by atoms with van der Waals surface area (Å²) in [6.45, 7) is 1.36. The maximum atomic E-state index is 11.1. The molecule has 4 nitrogen and oxygen atoms in total. The molecule has 0 aromatic heterocycles. The van der Waals surface area contributed by atoms with E-state index in [9.17, 15) is 14.9 Å². The minimum absolute atomic E-state index is 0.00562. The van der Waals surface area contributed by atoms with Gasteiger partial charge in [-0.3, -0.25) is 14.9 Å². The van der Waals surface area contributed by atoms with Crippen LogP contribution in [-0.4, -0.2) is 10.7 Å². The van der Waals surface area contributed by atoms with Gasteiger partial charge < -0.3 is 0 Å². The van der Waals surface area contributed by atoms with Crippen LogP contribution in [0.4, 0.5) is 5.69 Å². The van der Waals surface area contributed by atoms with E-state index in [1.165, 1.54) is 25.1 Å². The summed E-state index contributed by atoms with van der Waals surface area (Å²) >= 11 is 11.4. The number of Topliss-reactive ketones (excluding diaryl/α,β-unsaturated/α-hetero) is 1. The third kappa shape index (κ3) is 2.71. The summed E-state index contributed by atoms with van der Waals surface area (Å²) < 4.78 is 0. The van der Waals surface area contributed by atoms with Gasteiger partial charge in [-0.25, -0.2) is 0 Å². The van der Waals surface area contributed by atoms with E-state index in [2.05, 4.69) is 0 Å². The monoisotopic (exact) mass is 261 g/mol. The van der Waals surface area contributed by atoms with Gasteiger partial charge in [0.25, 0.3) is 5.69 Å². The van der Waals surface area contributed by atoms with Gasteiger partial charge in [-0.2, -0.15) is 0 Å². The lowest BCUT2D eigenvalue weighted by Gasteiger charge is -2.07. The van der Waals surface area contributed by atoms with Crippen molar-refractivity contribution in [3.63, 3.8) is 0 Å². The molecule has 1 aromatic rings. The number of nitrogens with zero attached hydrogens (tertiary/aromatic N) is 1. The number of hydrogen-bond donors (Lipinski definition) is 0. The van der Waals surface area contributed by atoms with Gasteiger partial charge in [-0.15, -0.1) is 23.2 Å². The van der Waals surface area contributed by atoms with E-state index in [4.69, 9.17) is 23.2 Å². The number of carbonyl (C=O) groups excluding carboxylic acids is 1. The van der Waals surface area contributed by atoms with Gasteiger partial charge in [0.1, 0.15) is 5.38 Å². The minimum Gasteiger partial charge on any atom is -0.298 e. The van der Waals surface area contributed by atoms with Gasteiger partial charge in [-0.05, 0) is 18.6 Å². The second kappa shape index (κ2) is 5.27. The summed E-state index contributed by atoms with van der Waals surface area (Å²) in [6, 6.07) is 4.27. The molecule has 0 aliphatic carbocycles. The molecule has 0 fully saturated rings. The predicted octanol–water partition coefficient (Wildman–Crippen LogP) is 3.20. The van der Waals surface area contributed by atoms with E-state index in [0.29, 0.717) is 11.1 Å². The van der Waals surface area contributed by atoms with Gasteiger partial charge in [0.15, 0.2) is 5.78 Å². The van der Waals surface area contributed by atoms with Crippen molar-refractivity contribution in [2.24, 2.45) is 0 Å². The lowest BCUT2D eigenvalue weighted by atomic mass is 10.1. The number of rotatable bonds is 4. The van der Waals surface area contributed by atoms with E-state index < -0.39 is 10.3 Å². The highest BCUT2D eigenvalue weighted by Gasteiger charge is 2.18. The number of hydrogen-bond acceptors (Lipinski definition) is 3. The third-order valence-electron chi connectivity index (χ3n) is 2.09. The third-order valence-corrected chi connectivity index (χ3v) is 2.94. The smallest absolute Gasteiger partial charge is 0.273 e. The summed E-state index contributed by atoms with van der Waals surface area (Å²) in [5.74, 6) is -0.206. The topological polar surface area (TPSA) is 60.2 Å². The van der Waals surface area contributed by atoms with Crippen LogP contribution in [0.2, 0.25) is 0 Å². The van der Waals surface area contributed by atoms with Crippen LogP contribution in [0.25, 0.3) is 0 Å². The molecule has 0 spiro atoms. The Kier molecular flexibility index (Phi) is 4.26. The first-order valence-electron chi connectivity index (χ1n) is 4.45. The molecule has 1 aromatic carbocycles. The van der Waals surface area contributed by atoms with Crippen molar-refractivity contribution in [1.82, 2.24) is 0 Å². The number of alkyl halides is 2. The van der Waals surface area contributed by atoms with Gasteiger partial charge in [0.2, 0.25) is 0 Å². The lowest BCUT2D eigenvalue weighted by Crippen LogP contribution is -2.03. The number of carbonyl (C=O) groups is 1. The van der Waals surface area contributed by atoms with Crippen LogP contribution in [0.5, 0.6) is 0 Å². The Morgan fingerprint density at radius 2 is 2.19 bits per heavy atom. The number of benzene rings is 1. The van der Waals surface area contributed by atoms with E-state index in [-0.39, 0.29) is 17.4 Å².